The normalized spacial score (nSPS) is 20.6. The van der Waals surface area contributed by atoms with Gasteiger partial charge in [-0.25, -0.2) is 0 Å². The minimum atomic E-state index is -0.0295. The maximum absolute atomic E-state index is 12.7. The molecule has 0 spiro atoms. The van der Waals surface area contributed by atoms with Gasteiger partial charge in [-0.2, -0.15) is 0 Å². The highest BCUT2D eigenvalue weighted by Gasteiger charge is 2.29. The second-order valence-electron chi connectivity index (χ2n) is 9.87. The first kappa shape index (κ1) is 22.6. The molecule has 1 unspecified atom stereocenters. The quantitative estimate of drug-likeness (QED) is 0.573. The van der Waals surface area contributed by atoms with Gasteiger partial charge >= 0.3 is 0 Å². The Morgan fingerprint density at radius 3 is 2.69 bits per heavy atom. The third-order valence-corrected chi connectivity index (χ3v) is 8.56. The van der Waals surface area contributed by atoms with E-state index in [2.05, 4.69) is 40.3 Å². The van der Waals surface area contributed by atoms with E-state index in [9.17, 15) is 9.59 Å². The number of nitrogens with one attached hydrogen (secondary N) is 2. The summed E-state index contributed by atoms with van der Waals surface area (Å²) < 4.78 is 3.60. The summed E-state index contributed by atoms with van der Waals surface area (Å²) in [7, 11) is 0. The molecule has 0 amide bonds. The number of hydrogen-bond donors (Lipinski definition) is 2. The summed E-state index contributed by atoms with van der Waals surface area (Å²) in [5, 5.41) is 8.16. The lowest BCUT2D eigenvalue weighted by atomic mass is 10.0. The largest absolute Gasteiger partial charge is 0.359 e. The number of anilines is 1. The number of nitrogens with zero attached hydrogens (tertiary/aromatic N) is 3. The van der Waals surface area contributed by atoms with Crippen molar-refractivity contribution in [2.45, 2.75) is 49.3 Å². The predicted molar refractivity (Wildman–Crippen MR) is 142 cm³/mol. The maximum Gasteiger partial charge on any atom is 0.252 e. The minimum absolute atomic E-state index is 0.00510. The van der Waals surface area contributed by atoms with Gasteiger partial charge in [0.2, 0.25) is 0 Å². The van der Waals surface area contributed by atoms with E-state index in [0.717, 1.165) is 67.9 Å². The third kappa shape index (κ3) is 4.46. The van der Waals surface area contributed by atoms with Crippen molar-refractivity contribution in [3.8, 4) is 0 Å². The average molecular weight is 490 g/mol. The standard InChI is InChI=1S/C27H31N5O2S/c1-18-10-13-35-24-5-2-19(14-23(24)29-18)15-28-21-8-11-30(12-9-21)16-22-17-31-25(33)6-3-20-4-7-26(34)32(22)27(20)31/h2-7,14,21-22,28-29H,1,8-13,15-17H2. The molecular formula is C27H31N5O2S. The summed E-state index contributed by atoms with van der Waals surface area (Å²) in [6.07, 6.45) is 3.15. The lowest BCUT2D eigenvalue weighted by molar-refractivity contribution is 0.171. The fraction of sp³-hybridized carbons (Fsp3) is 0.407. The van der Waals surface area contributed by atoms with Gasteiger partial charge in [-0.15, -0.1) is 11.8 Å². The van der Waals surface area contributed by atoms with Crippen LogP contribution >= 0.6 is 11.8 Å². The fourth-order valence-corrected chi connectivity index (χ4v) is 6.62. The summed E-state index contributed by atoms with van der Waals surface area (Å²) in [4.78, 5) is 28.8. The molecule has 1 fully saturated rings. The topological polar surface area (TPSA) is 71.3 Å². The number of fused-ring (bicyclic) bond motifs is 1. The zero-order valence-corrected chi connectivity index (χ0v) is 20.7. The van der Waals surface area contributed by atoms with Crippen molar-refractivity contribution in [1.29, 1.82) is 0 Å². The van der Waals surface area contributed by atoms with Crippen molar-refractivity contribution in [2.24, 2.45) is 0 Å². The zero-order chi connectivity index (χ0) is 23.9. The van der Waals surface area contributed by atoms with Crippen LogP contribution in [0.25, 0.3) is 11.0 Å². The van der Waals surface area contributed by atoms with Crippen LogP contribution < -0.4 is 21.8 Å². The van der Waals surface area contributed by atoms with Crippen molar-refractivity contribution < 1.29 is 0 Å². The molecule has 2 aromatic heterocycles. The molecule has 35 heavy (non-hydrogen) atoms. The van der Waals surface area contributed by atoms with Crippen LogP contribution in [0.4, 0.5) is 5.69 Å². The van der Waals surface area contributed by atoms with Crippen LogP contribution in [0.5, 0.6) is 0 Å². The third-order valence-electron chi connectivity index (χ3n) is 7.48. The monoisotopic (exact) mass is 489 g/mol. The minimum Gasteiger partial charge on any atom is -0.359 e. The first-order chi connectivity index (χ1) is 17.0. The molecule has 0 radical (unpaired) electrons. The number of pyridine rings is 2. The Morgan fingerprint density at radius 1 is 1.06 bits per heavy atom. The first-order valence-electron chi connectivity index (χ1n) is 12.5. The number of allylic oxidation sites excluding steroid dienone is 1. The molecule has 5 heterocycles. The van der Waals surface area contributed by atoms with Gasteiger partial charge in [0.15, 0.2) is 0 Å². The van der Waals surface area contributed by atoms with Gasteiger partial charge in [0.25, 0.3) is 11.1 Å². The van der Waals surface area contributed by atoms with Gasteiger partial charge in [-0.3, -0.25) is 18.7 Å². The van der Waals surface area contributed by atoms with Gasteiger partial charge in [-0.05, 0) is 62.2 Å². The summed E-state index contributed by atoms with van der Waals surface area (Å²) in [6.45, 7) is 8.33. The van der Waals surface area contributed by atoms with Crippen molar-refractivity contribution >= 4 is 28.5 Å². The van der Waals surface area contributed by atoms with Gasteiger partial charge in [-0.1, -0.05) is 12.6 Å². The molecule has 1 atom stereocenters. The Morgan fingerprint density at radius 2 is 1.86 bits per heavy atom. The summed E-state index contributed by atoms with van der Waals surface area (Å²) in [5.41, 5.74) is 4.27. The Balaban J connectivity index is 1.06. The van der Waals surface area contributed by atoms with Gasteiger partial charge in [0.05, 0.1) is 11.7 Å². The number of hydrogen-bond acceptors (Lipinski definition) is 6. The van der Waals surface area contributed by atoms with E-state index in [1.807, 2.05) is 28.5 Å². The number of rotatable bonds is 5. The number of likely N-dealkylation sites (tertiary alicyclic amines) is 1. The van der Waals surface area contributed by atoms with Crippen molar-refractivity contribution in [2.75, 3.05) is 30.7 Å². The lowest BCUT2D eigenvalue weighted by Gasteiger charge is -2.34. The van der Waals surface area contributed by atoms with E-state index in [4.69, 9.17) is 0 Å². The number of aromatic nitrogens is 2. The van der Waals surface area contributed by atoms with Crippen LogP contribution in [0, 0.1) is 0 Å². The second-order valence-corrected chi connectivity index (χ2v) is 11.0. The van der Waals surface area contributed by atoms with Crippen LogP contribution in [-0.2, 0) is 13.1 Å². The first-order valence-corrected chi connectivity index (χ1v) is 13.4. The van der Waals surface area contributed by atoms with Crippen LogP contribution in [0.2, 0.25) is 0 Å². The molecule has 0 saturated carbocycles. The molecule has 3 aliphatic heterocycles. The SMILES string of the molecule is C=C1CCSc2ccc(CNC3CCN(CC4Cn5c(=O)ccc6ccc(=O)n4c65)CC3)cc2N1. The van der Waals surface area contributed by atoms with E-state index < -0.39 is 0 Å². The van der Waals surface area contributed by atoms with E-state index in [0.29, 0.717) is 12.6 Å². The fourth-order valence-electron chi connectivity index (χ4n) is 5.62. The second kappa shape index (κ2) is 9.33. The molecule has 6 rings (SSSR count). The van der Waals surface area contributed by atoms with E-state index in [1.54, 1.807) is 16.7 Å². The molecule has 1 aromatic carbocycles. The number of benzene rings is 1. The Kier molecular flexibility index (Phi) is 6.04. The van der Waals surface area contributed by atoms with E-state index in [-0.39, 0.29) is 17.2 Å². The highest BCUT2D eigenvalue weighted by atomic mass is 32.2. The van der Waals surface area contributed by atoms with E-state index in [1.165, 1.54) is 16.1 Å². The number of thioether (sulfide) groups is 1. The van der Waals surface area contributed by atoms with Gasteiger partial charge in [0.1, 0.15) is 5.65 Å². The number of piperidine rings is 1. The Bertz CT molecular complexity index is 1400. The molecule has 7 nitrogen and oxygen atoms in total. The smallest absolute Gasteiger partial charge is 0.252 e. The molecule has 8 heteroatoms. The van der Waals surface area contributed by atoms with Crippen LogP contribution in [0.1, 0.15) is 30.9 Å². The average Bonchev–Trinajstić information content (AvgIpc) is 3.14. The Hall–Kier alpha value is -2.81. The Labute approximate surface area is 208 Å². The molecule has 0 aliphatic carbocycles. The van der Waals surface area contributed by atoms with Gasteiger partial charge < -0.3 is 15.5 Å². The molecule has 182 valence electrons. The van der Waals surface area contributed by atoms with E-state index >= 15 is 0 Å². The molecule has 3 aliphatic rings. The maximum atomic E-state index is 12.7. The molecule has 2 N–H and O–H groups in total. The van der Waals surface area contributed by atoms with Crippen LogP contribution in [0.15, 0.2) is 69.2 Å². The van der Waals surface area contributed by atoms with Crippen molar-refractivity contribution in [3.05, 3.63) is 81.0 Å². The van der Waals surface area contributed by atoms with Crippen molar-refractivity contribution in [1.82, 2.24) is 19.4 Å². The summed E-state index contributed by atoms with van der Waals surface area (Å²) in [6, 6.07) is 14.0. The molecule has 1 saturated heterocycles. The van der Waals surface area contributed by atoms with Crippen LogP contribution in [-0.4, -0.2) is 45.5 Å². The highest BCUT2D eigenvalue weighted by Crippen LogP contribution is 2.33. The van der Waals surface area contributed by atoms with Crippen LogP contribution in [0.3, 0.4) is 0 Å². The molecular weight excluding hydrogens is 458 g/mol. The van der Waals surface area contributed by atoms with Crippen molar-refractivity contribution in [3.63, 3.8) is 0 Å². The molecule has 0 bridgehead atoms. The summed E-state index contributed by atoms with van der Waals surface area (Å²) >= 11 is 1.89. The van der Waals surface area contributed by atoms with Gasteiger partial charge in [0, 0.05) is 59.5 Å². The lowest BCUT2D eigenvalue weighted by Crippen LogP contribution is -2.44. The predicted octanol–water partition coefficient (Wildman–Crippen LogP) is 3.39. The highest BCUT2D eigenvalue weighted by molar-refractivity contribution is 7.99. The zero-order valence-electron chi connectivity index (χ0n) is 19.8. The summed E-state index contributed by atoms with van der Waals surface area (Å²) in [5.74, 6) is 1.07. The molecule has 3 aromatic rings.